The fourth-order valence-electron chi connectivity index (χ4n) is 2.56. The Morgan fingerprint density at radius 2 is 1.94 bits per heavy atom. The van der Waals surface area contributed by atoms with E-state index >= 15 is 0 Å². The van der Waals surface area contributed by atoms with Crippen molar-refractivity contribution in [2.75, 3.05) is 0 Å². The number of aromatic nitrogens is 3. The van der Waals surface area contributed by atoms with Gasteiger partial charge in [0.25, 0.3) is 0 Å². The third-order valence-corrected chi connectivity index (χ3v) is 3.50. The molecule has 0 aliphatic rings. The summed E-state index contributed by atoms with van der Waals surface area (Å²) < 4.78 is 1.94. The van der Waals surface area contributed by atoms with Gasteiger partial charge in [-0.3, -0.25) is 16.0 Å². The molecule has 1 heterocycles. The van der Waals surface area contributed by atoms with Crippen molar-refractivity contribution in [1.82, 2.24) is 20.2 Å². The first-order valence-electron chi connectivity index (χ1n) is 7.09. The zero-order chi connectivity index (χ0) is 13.4. The first-order chi connectivity index (χ1) is 8.76. The number of nitrogens with zero attached hydrogens (tertiary/aromatic N) is 3. The van der Waals surface area contributed by atoms with E-state index < -0.39 is 0 Å². The van der Waals surface area contributed by atoms with Crippen molar-refractivity contribution >= 4 is 0 Å². The summed E-state index contributed by atoms with van der Waals surface area (Å²) in [5, 5.41) is 4.21. The van der Waals surface area contributed by atoms with E-state index in [1.165, 1.54) is 25.7 Å². The molecule has 0 saturated carbocycles. The van der Waals surface area contributed by atoms with Crippen LogP contribution in [0.25, 0.3) is 0 Å². The highest BCUT2D eigenvalue weighted by Gasteiger charge is 2.21. The molecule has 0 aliphatic heterocycles. The van der Waals surface area contributed by atoms with E-state index in [9.17, 15) is 0 Å². The van der Waals surface area contributed by atoms with Crippen LogP contribution < -0.4 is 11.3 Å². The first-order valence-corrected chi connectivity index (χ1v) is 7.09. The first kappa shape index (κ1) is 15.1. The molecule has 5 heteroatoms. The van der Waals surface area contributed by atoms with Gasteiger partial charge in [-0.25, -0.2) is 4.98 Å². The summed E-state index contributed by atoms with van der Waals surface area (Å²) in [7, 11) is 0. The molecule has 3 N–H and O–H groups in total. The Balaban J connectivity index is 2.69. The second-order valence-corrected chi connectivity index (χ2v) is 4.81. The SMILES string of the molecule is CCCC(CCC)C(Cc1ncnn1CC)NN. The number of hydrazine groups is 1. The van der Waals surface area contributed by atoms with Gasteiger partial charge in [-0.1, -0.05) is 26.7 Å². The Hall–Kier alpha value is -0.940. The van der Waals surface area contributed by atoms with Crippen LogP contribution in [0.3, 0.4) is 0 Å². The number of nitrogens with two attached hydrogens (primary N) is 1. The quantitative estimate of drug-likeness (QED) is 0.521. The maximum absolute atomic E-state index is 5.73. The molecule has 18 heavy (non-hydrogen) atoms. The molecule has 0 aliphatic carbocycles. The lowest BCUT2D eigenvalue weighted by atomic mass is 9.89. The number of aryl methyl sites for hydroxylation is 1. The summed E-state index contributed by atoms with van der Waals surface area (Å²) in [6, 6.07) is 0.291. The van der Waals surface area contributed by atoms with Crippen molar-refractivity contribution in [2.45, 2.75) is 65.5 Å². The van der Waals surface area contributed by atoms with Crippen LogP contribution in [0.15, 0.2) is 6.33 Å². The second-order valence-electron chi connectivity index (χ2n) is 4.81. The molecule has 5 nitrogen and oxygen atoms in total. The minimum atomic E-state index is 0.291. The van der Waals surface area contributed by atoms with E-state index in [1.807, 2.05) is 4.68 Å². The molecule has 1 rings (SSSR count). The van der Waals surface area contributed by atoms with Crippen LogP contribution in [-0.4, -0.2) is 20.8 Å². The van der Waals surface area contributed by atoms with Crippen molar-refractivity contribution in [3.05, 3.63) is 12.2 Å². The van der Waals surface area contributed by atoms with Gasteiger partial charge in [0.1, 0.15) is 12.2 Å². The summed E-state index contributed by atoms with van der Waals surface area (Å²) in [5.41, 5.74) is 2.98. The van der Waals surface area contributed by atoms with Crippen LogP contribution in [0.1, 0.15) is 52.3 Å². The smallest absolute Gasteiger partial charge is 0.138 e. The Kier molecular flexibility index (Phi) is 6.90. The fraction of sp³-hybridized carbons (Fsp3) is 0.846. The van der Waals surface area contributed by atoms with Crippen LogP contribution in [0.2, 0.25) is 0 Å². The molecule has 0 saturated heterocycles. The van der Waals surface area contributed by atoms with E-state index in [2.05, 4.69) is 36.3 Å². The summed E-state index contributed by atoms with van der Waals surface area (Å²) in [6.07, 6.45) is 7.30. The maximum atomic E-state index is 5.73. The van der Waals surface area contributed by atoms with Gasteiger partial charge in [0.05, 0.1) is 0 Å². The molecule has 0 spiro atoms. The number of rotatable bonds is 9. The molecule has 1 unspecified atom stereocenters. The van der Waals surface area contributed by atoms with Crippen LogP contribution in [0.4, 0.5) is 0 Å². The van der Waals surface area contributed by atoms with E-state index in [4.69, 9.17) is 5.84 Å². The van der Waals surface area contributed by atoms with Crippen LogP contribution in [0, 0.1) is 5.92 Å². The lowest BCUT2D eigenvalue weighted by Crippen LogP contribution is -2.43. The van der Waals surface area contributed by atoms with Gasteiger partial charge >= 0.3 is 0 Å². The summed E-state index contributed by atoms with van der Waals surface area (Å²) in [4.78, 5) is 4.33. The molecule has 0 amide bonds. The average molecular weight is 253 g/mol. The van der Waals surface area contributed by atoms with Gasteiger partial charge < -0.3 is 0 Å². The third kappa shape index (κ3) is 4.07. The van der Waals surface area contributed by atoms with Gasteiger partial charge in [0.15, 0.2) is 0 Å². The molecule has 1 aromatic heterocycles. The monoisotopic (exact) mass is 253 g/mol. The molecule has 0 bridgehead atoms. The van der Waals surface area contributed by atoms with Crippen molar-refractivity contribution in [1.29, 1.82) is 0 Å². The standard InChI is InChI=1S/C13H27N5/c1-4-7-11(8-5-2)12(17-14)9-13-15-10-16-18(13)6-3/h10-12,17H,4-9,14H2,1-3H3. The number of hydrogen-bond donors (Lipinski definition) is 2. The van der Waals surface area contributed by atoms with Gasteiger partial charge in [-0.15, -0.1) is 0 Å². The van der Waals surface area contributed by atoms with Gasteiger partial charge in [-0.2, -0.15) is 5.10 Å². The molecular formula is C13H27N5. The van der Waals surface area contributed by atoms with Crippen LogP contribution in [0.5, 0.6) is 0 Å². The van der Waals surface area contributed by atoms with Crippen molar-refractivity contribution in [3.8, 4) is 0 Å². The Labute approximate surface area is 110 Å². The summed E-state index contributed by atoms with van der Waals surface area (Å²) in [6.45, 7) is 7.40. The second kappa shape index (κ2) is 8.21. The van der Waals surface area contributed by atoms with Gasteiger partial charge in [0, 0.05) is 19.0 Å². The molecule has 0 radical (unpaired) electrons. The highest BCUT2D eigenvalue weighted by atomic mass is 15.3. The lowest BCUT2D eigenvalue weighted by Gasteiger charge is -2.25. The molecule has 0 aromatic carbocycles. The van der Waals surface area contributed by atoms with E-state index in [-0.39, 0.29) is 0 Å². The van der Waals surface area contributed by atoms with Crippen LogP contribution in [-0.2, 0) is 13.0 Å². The Bertz CT molecular complexity index is 317. The van der Waals surface area contributed by atoms with E-state index in [1.54, 1.807) is 6.33 Å². The third-order valence-electron chi connectivity index (χ3n) is 3.50. The van der Waals surface area contributed by atoms with Gasteiger partial charge in [0.2, 0.25) is 0 Å². The molecule has 1 aromatic rings. The molecule has 104 valence electrons. The molecule has 1 atom stereocenters. The summed E-state index contributed by atoms with van der Waals surface area (Å²) in [5.74, 6) is 7.38. The van der Waals surface area contributed by atoms with E-state index in [0.717, 1.165) is 18.8 Å². The summed E-state index contributed by atoms with van der Waals surface area (Å²) >= 11 is 0. The highest BCUT2D eigenvalue weighted by molar-refractivity contribution is 4.91. The van der Waals surface area contributed by atoms with Crippen molar-refractivity contribution in [2.24, 2.45) is 11.8 Å². The predicted molar refractivity (Wildman–Crippen MR) is 73.8 cm³/mol. The number of hydrogen-bond acceptors (Lipinski definition) is 4. The Morgan fingerprint density at radius 1 is 1.28 bits per heavy atom. The zero-order valence-corrected chi connectivity index (χ0v) is 11.9. The minimum Gasteiger partial charge on any atom is -0.271 e. The normalized spacial score (nSPS) is 13.2. The Morgan fingerprint density at radius 3 is 2.44 bits per heavy atom. The van der Waals surface area contributed by atoms with Crippen LogP contribution >= 0.6 is 0 Å². The van der Waals surface area contributed by atoms with Crippen molar-refractivity contribution in [3.63, 3.8) is 0 Å². The largest absolute Gasteiger partial charge is 0.271 e. The number of nitrogens with one attached hydrogen (secondary N) is 1. The lowest BCUT2D eigenvalue weighted by molar-refractivity contribution is 0.305. The molecule has 0 fully saturated rings. The molecular weight excluding hydrogens is 226 g/mol. The van der Waals surface area contributed by atoms with Gasteiger partial charge in [-0.05, 0) is 25.7 Å². The topological polar surface area (TPSA) is 68.8 Å². The zero-order valence-electron chi connectivity index (χ0n) is 11.9. The minimum absolute atomic E-state index is 0.291. The van der Waals surface area contributed by atoms with E-state index in [0.29, 0.717) is 12.0 Å². The highest BCUT2D eigenvalue weighted by Crippen LogP contribution is 2.20. The maximum Gasteiger partial charge on any atom is 0.138 e. The van der Waals surface area contributed by atoms with Crippen molar-refractivity contribution < 1.29 is 0 Å². The average Bonchev–Trinajstić information content (AvgIpc) is 2.83. The predicted octanol–water partition coefficient (Wildman–Crippen LogP) is 1.89. The fourth-order valence-corrected chi connectivity index (χ4v) is 2.56.